The summed E-state index contributed by atoms with van der Waals surface area (Å²) in [5.41, 5.74) is 6.03. The lowest BCUT2D eigenvalue weighted by molar-refractivity contribution is 0.318. The number of amidine groups is 1. The summed E-state index contributed by atoms with van der Waals surface area (Å²) in [5, 5.41) is 11.3. The van der Waals surface area contributed by atoms with Crippen molar-refractivity contribution >= 4 is 21.8 Å². The third kappa shape index (κ3) is 2.12. The van der Waals surface area contributed by atoms with Crippen LogP contribution in [0.15, 0.2) is 27.8 Å². The number of benzene rings is 1. The molecule has 3 N–H and O–H groups in total. The second kappa shape index (κ2) is 4.13. The van der Waals surface area contributed by atoms with Crippen LogP contribution in [0.2, 0.25) is 0 Å². The zero-order valence-electron chi connectivity index (χ0n) is 6.99. The van der Waals surface area contributed by atoms with E-state index < -0.39 is 0 Å². The van der Waals surface area contributed by atoms with Crippen LogP contribution in [0.4, 0.5) is 0 Å². The zero-order valence-corrected chi connectivity index (χ0v) is 8.58. The third-order valence-electron chi connectivity index (χ3n) is 1.56. The minimum absolute atomic E-state index is 0.0725. The largest absolute Gasteiger partial charge is 0.496 e. The molecule has 0 radical (unpaired) electrons. The standard InChI is InChI=1S/C8H9BrN2O2/c1-13-7-3-2-5(4-6(7)9)8(10)11-12/h2-4,12H,1H3,(H2,10,11). The van der Waals surface area contributed by atoms with Crippen LogP contribution >= 0.6 is 15.9 Å². The number of halogens is 1. The molecule has 0 fully saturated rings. The van der Waals surface area contributed by atoms with Gasteiger partial charge in [0.15, 0.2) is 5.84 Å². The molecule has 0 aromatic heterocycles. The number of hydrogen-bond donors (Lipinski definition) is 2. The molecule has 0 unspecified atom stereocenters. The summed E-state index contributed by atoms with van der Waals surface area (Å²) in [6.45, 7) is 0. The molecule has 0 saturated carbocycles. The summed E-state index contributed by atoms with van der Waals surface area (Å²) >= 11 is 3.29. The van der Waals surface area contributed by atoms with Gasteiger partial charge in [0, 0.05) is 5.56 Å². The fourth-order valence-electron chi connectivity index (χ4n) is 0.883. The molecule has 0 bridgehead atoms. The van der Waals surface area contributed by atoms with Gasteiger partial charge < -0.3 is 15.7 Å². The van der Waals surface area contributed by atoms with Crippen molar-refractivity contribution < 1.29 is 9.94 Å². The van der Waals surface area contributed by atoms with Crippen molar-refractivity contribution in [3.8, 4) is 5.75 Å². The predicted octanol–water partition coefficient (Wildman–Crippen LogP) is 1.55. The maximum absolute atomic E-state index is 8.42. The van der Waals surface area contributed by atoms with Gasteiger partial charge in [-0.2, -0.15) is 0 Å². The molecular formula is C8H9BrN2O2. The first-order valence-corrected chi connectivity index (χ1v) is 4.29. The molecule has 0 saturated heterocycles. The van der Waals surface area contributed by atoms with Gasteiger partial charge >= 0.3 is 0 Å². The second-order valence-electron chi connectivity index (χ2n) is 2.33. The van der Waals surface area contributed by atoms with Crippen LogP contribution in [0.3, 0.4) is 0 Å². The van der Waals surface area contributed by atoms with Crippen LogP contribution < -0.4 is 10.5 Å². The van der Waals surface area contributed by atoms with Gasteiger partial charge in [0.1, 0.15) is 5.75 Å². The molecule has 0 aliphatic rings. The van der Waals surface area contributed by atoms with E-state index in [1.54, 1.807) is 25.3 Å². The maximum atomic E-state index is 8.42. The number of hydrogen-bond acceptors (Lipinski definition) is 3. The van der Waals surface area contributed by atoms with Crippen LogP contribution in [0.25, 0.3) is 0 Å². The summed E-state index contributed by atoms with van der Waals surface area (Å²) in [5.74, 6) is 0.776. The third-order valence-corrected chi connectivity index (χ3v) is 2.18. The number of rotatable bonds is 2. The first kappa shape index (κ1) is 9.85. The van der Waals surface area contributed by atoms with Crippen molar-refractivity contribution in [2.24, 2.45) is 10.9 Å². The van der Waals surface area contributed by atoms with Gasteiger partial charge in [-0.3, -0.25) is 0 Å². The topological polar surface area (TPSA) is 67.8 Å². The summed E-state index contributed by atoms with van der Waals surface area (Å²) in [7, 11) is 1.57. The van der Waals surface area contributed by atoms with Crippen molar-refractivity contribution in [1.82, 2.24) is 0 Å². The Labute approximate surface area is 84.1 Å². The Kier molecular flexibility index (Phi) is 3.13. The van der Waals surface area contributed by atoms with Gasteiger partial charge in [0.25, 0.3) is 0 Å². The van der Waals surface area contributed by atoms with E-state index in [-0.39, 0.29) is 5.84 Å². The summed E-state index contributed by atoms with van der Waals surface area (Å²) in [6.07, 6.45) is 0. The normalized spacial score (nSPS) is 11.4. The molecule has 0 heterocycles. The number of methoxy groups -OCH3 is 1. The number of ether oxygens (including phenoxy) is 1. The first-order chi connectivity index (χ1) is 6.19. The Morgan fingerprint density at radius 3 is 2.77 bits per heavy atom. The van der Waals surface area contributed by atoms with Crippen LogP contribution in [0.5, 0.6) is 5.75 Å². The Hall–Kier alpha value is -1.23. The van der Waals surface area contributed by atoms with E-state index in [1.807, 2.05) is 0 Å². The fourth-order valence-corrected chi connectivity index (χ4v) is 1.42. The molecular weight excluding hydrogens is 236 g/mol. The molecule has 0 atom stereocenters. The van der Waals surface area contributed by atoms with Crippen LogP contribution in [0, 0.1) is 0 Å². The molecule has 5 heteroatoms. The lowest BCUT2D eigenvalue weighted by Crippen LogP contribution is -2.12. The van der Waals surface area contributed by atoms with Crippen molar-refractivity contribution in [3.05, 3.63) is 28.2 Å². The van der Waals surface area contributed by atoms with Crippen molar-refractivity contribution in [2.75, 3.05) is 7.11 Å². The van der Waals surface area contributed by atoms with E-state index >= 15 is 0 Å². The summed E-state index contributed by atoms with van der Waals surface area (Å²) < 4.78 is 5.79. The van der Waals surface area contributed by atoms with E-state index in [2.05, 4.69) is 21.1 Å². The quantitative estimate of drug-likeness (QED) is 0.359. The Balaban J connectivity index is 3.10. The number of oxime groups is 1. The van der Waals surface area contributed by atoms with Gasteiger partial charge in [-0.1, -0.05) is 5.16 Å². The highest BCUT2D eigenvalue weighted by molar-refractivity contribution is 9.10. The Morgan fingerprint density at radius 2 is 2.31 bits per heavy atom. The van der Waals surface area contributed by atoms with E-state index in [9.17, 15) is 0 Å². The Bertz CT molecular complexity index is 339. The van der Waals surface area contributed by atoms with Crippen molar-refractivity contribution in [2.45, 2.75) is 0 Å². The molecule has 70 valence electrons. The zero-order chi connectivity index (χ0) is 9.84. The molecule has 13 heavy (non-hydrogen) atoms. The monoisotopic (exact) mass is 244 g/mol. The van der Waals surface area contributed by atoms with Crippen LogP contribution in [-0.4, -0.2) is 18.2 Å². The molecule has 1 rings (SSSR count). The molecule has 0 aliphatic carbocycles. The van der Waals surface area contributed by atoms with Crippen LogP contribution in [-0.2, 0) is 0 Å². The van der Waals surface area contributed by atoms with Gasteiger partial charge in [0.2, 0.25) is 0 Å². The molecule has 1 aromatic carbocycles. The minimum Gasteiger partial charge on any atom is -0.496 e. The van der Waals surface area contributed by atoms with Gasteiger partial charge in [-0.25, -0.2) is 0 Å². The predicted molar refractivity (Wildman–Crippen MR) is 53.2 cm³/mol. The second-order valence-corrected chi connectivity index (χ2v) is 3.19. The maximum Gasteiger partial charge on any atom is 0.170 e. The van der Waals surface area contributed by atoms with Gasteiger partial charge in [-0.05, 0) is 34.1 Å². The van der Waals surface area contributed by atoms with E-state index in [0.29, 0.717) is 11.3 Å². The highest BCUT2D eigenvalue weighted by Gasteiger charge is 2.03. The fraction of sp³-hybridized carbons (Fsp3) is 0.125. The Morgan fingerprint density at radius 1 is 1.62 bits per heavy atom. The summed E-state index contributed by atoms with van der Waals surface area (Å²) in [4.78, 5) is 0. The summed E-state index contributed by atoms with van der Waals surface area (Å²) in [6, 6.07) is 5.16. The number of nitrogens with zero attached hydrogens (tertiary/aromatic N) is 1. The highest BCUT2D eigenvalue weighted by atomic mass is 79.9. The van der Waals surface area contributed by atoms with Crippen molar-refractivity contribution in [1.29, 1.82) is 0 Å². The average Bonchev–Trinajstić information content (AvgIpc) is 2.16. The van der Waals surface area contributed by atoms with E-state index in [0.717, 1.165) is 4.47 Å². The molecule has 4 nitrogen and oxygen atoms in total. The van der Waals surface area contributed by atoms with E-state index in [4.69, 9.17) is 15.7 Å². The molecule has 0 amide bonds. The minimum atomic E-state index is 0.0725. The van der Waals surface area contributed by atoms with E-state index in [1.165, 1.54) is 0 Å². The van der Waals surface area contributed by atoms with Crippen LogP contribution in [0.1, 0.15) is 5.56 Å². The molecule has 0 spiro atoms. The van der Waals surface area contributed by atoms with Crippen molar-refractivity contribution in [3.63, 3.8) is 0 Å². The molecule has 1 aromatic rings. The smallest absolute Gasteiger partial charge is 0.170 e. The highest BCUT2D eigenvalue weighted by Crippen LogP contribution is 2.25. The lowest BCUT2D eigenvalue weighted by Gasteiger charge is -2.04. The van der Waals surface area contributed by atoms with Gasteiger partial charge in [-0.15, -0.1) is 0 Å². The average molecular weight is 245 g/mol. The SMILES string of the molecule is COc1ccc(C(N)=NO)cc1Br. The lowest BCUT2D eigenvalue weighted by atomic mass is 10.2. The first-order valence-electron chi connectivity index (χ1n) is 3.50. The van der Waals surface area contributed by atoms with Gasteiger partial charge in [0.05, 0.1) is 11.6 Å². The number of nitrogens with two attached hydrogens (primary N) is 1. The molecule has 0 aliphatic heterocycles.